The number of nitrogens with one attached hydrogen (secondary N) is 1. The molecule has 0 heterocycles. The van der Waals surface area contributed by atoms with Crippen molar-refractivity contribution in [3.05, 3.63) is 33.8 Å². The van der Waals surface area contributed by atoms with Crippen molar-refractivity contribution in [2.75, 3.05) is 0 Å². The molecule has 4 nitrogen and oxygen atoms in total. The summed E-state index contributed by atoms with van der Waals surface area (Å²) in [5, 5.41) is 3.60. The van der Waals surface area contributed by atoms with E-state index < -0.39 is 12.1 Å². The lowest BCUT2D eigenvalue weighted by Gasteiger charge is -2.13. The quantitative estimate of drug-likeness (QED) is 0.850. The van der Waals surface area contributed by atoms with Crippen molar-refractivity contribution < 1.29 is 14.3 Å². The third kappa shape index (κ3) is 4.39. The van der Waals surface area contributed by atoms with Gasteiger partial charge in [0.25, 0.3) is 5.91 Å². The number of esters is 1. The third-order valence-electron chi connectivity index (χ3n) is 2.93. The van der Waals surface area contributed by atoms with Gasteiger partial charge in [-0.2, -0.15) is 0 Å². The summed E-state index contributed by atoms with van der Waals surface area (Å²) in [6.07, 6.45) is 1.26. The van der Waals surface area contributed by atoms with Crippen molar-refractivity contribution in [3.63, 3.8) is 0 Å². The van der Waals surface area contributed by atoms with Crippen LogP contribution in [0, 0.1) is 0 Å². The lowest BCUT2D eigenvalue weighted by molar-refractivity contribution is -0.154. The Hall–Kier alpha value is -1.26. The highest BCUT2D eigenvalue weighted by atomic mass is 35.5. The largest absolute Gasteiger partial charge is 0.452 e. The summed E-state index contributed by atoms with van der Waals surface area (Å²) < 4.78 is 5.09. The number of rotatable bonds is 5. The number of ether oxygens (including phenoxy) is 1. The minimum Gasteiger partial charge on any atom is -0.452 e. The molecular weight excluding hydrogens is 301 g/mol. The smallest absolute Gasteiger partial charge is 0.311 e. The van der Waals surface area contributed by atoms with Gasteiger partial charge in [-0.15, -0.1) is 0 Å². The normalized spacial score (nSPS) is 15.6. The van der Waals surface area contributed by atoms with Crippen LogP contribution in [0.3, 0.4) is 0 Å². The van der Waals surface area contributed by atoms with E-state index in [4.69, 9.17) is 27.9 Å². The molecule has 1 saturated carbocycles. The molecule has 20 heavy (non-hydrogen) atoms. The van der Waals surface area contributed by atoms with Gasteiger partial charge in [-0.1, -0.05) is 29.3 Å². The Bertz CT molecular complexity index is 529. The Labute approximate surface area is 127 Å². The van der Waals surface area contributed by atoms with Gasteiger partial charge in [-0.05, 0) is 37.5 Å². The highest BCUT2D eigenvalue weighted by Gasteiger charge is 2.27. The number of benzene rings is 1. The molecule has 6 heteroatoms. The number of halogens is 2. The van der Waals surface area contributed by atoms with Gasteiger partial charge < -0.3 is 10.1 Å². The van der Waals surface area contributed by atoms with Crippen LogP contribution in [0.15, 0.2) is 18.2 Å². The number of hydrogen-bond donors (Lipinski definition) is 1. The molecule has 1 amide bonds. The molecule has 0 aliphatic heterocycles. The van der Waals surface area contributed by atoms with Crippen LogP contribution >= 0.6 is 23.2 Å². The van der Waals surface area contributed by atoms with Crippen molar-refractivity contribution >= 4 is 35.1 Å². The van der Waals surface area contributed by atoms with Crippen LogP contribution in [0.4, 0.5) is 0 Å². The second kappa shape index (κ2) is 6.46. The summed E-state index contributed by atoms with van der Waals surface area (Å²) in [7, 11) is 0. The Morgan fingerprint density at radius 1 is 1.35 bits per heavy atom. The first-order valence-corrected chi connectivity index (χ1v) is 7.15. The van der Waals surface area contributed by atoms with E-state index in [1.54, 1.807) is 25.1 Å². The molecule has 0 spiro atoms. The van der Waals surface area contributed by atoms with Crippen LogP contribution in [-0.4, -0.2) is 24.0 Å². The first-order valence-electron chi connectivity index (χ1n) is 6.39. The fourth-order valence-electron chi connectivity index (χ4n) is 1.65. The van der Waals surface area contributed by atoms with E-state index >= 15 is 0 Å². The molecule has 1 aliphatic carbocycles. The SMILES string of the molecule is CC(OC(=O)Cc1ccc(Cl)c(Cl)c1)C(=O)NC1CC1. The summed E-state index contributed by atoms with van der Waals surface area (Å²) in [4.78, 5) is 23.4. The first-order chi connectivity index (χ1) is 9.45. The van der Waals surface area contributed by atoms with Crippen LogP contribution in [-0.2, 0) is 20.7 Å². The van der Waals surface area contributed by atoms with E-state index in [1.165, 1.54) is 0 Å². The minimum atomic E-state index is -0.786. The molecule has 0 radical (unpaired) electrons. The van der Waals surface area contributed by atoms with Crippen LogP contribution in [0.25, 0.3) is 0 Å². The van der Waals surface area contributed by atoms with Crippen molar-refractivity contribution in [1.82, 2.24) is 5.32 Å². The molecule has 1 atom stereocenters. The van der Waals surface area contributed by atoms with Gasteiger partial charge >= 0.3 is 5.97 Å². The molecule has 2 rings (SSSR count). The maximum atomic E-state index is 11.7. The van der Waals surface area contributed by atoms with Crippen molar-refractivity contribution in [3.8, 4) is 0 Å². The fourth-order valence-corrected chi connectivity index (χ4v) is 1.98. The van der Waals surface area contributed by atoms with Crippen molar-refractivity contribution in [2.45, 2.75) is 38.3 Å². The van der Waals surface area contributed by atoms with Gasteiger partial charge in [-0.3, -0.25) is 9.59 Å². The zero-order chi connectivity index (χ0) is 14.7. The van der Waals surface area contributed by atoms with E-state index in [0.717, 1.165) is 12.8 Å². The van der Waals surface area contributed by atoms with Crippen LogP contribution in [0.5, 0.6) is 0 Å². The molecule has 1 aliphatic rings. The van der Waals surface area contributed by atoms with Crippen molar-refractivity contribution in [1.29, 1.82) is 0 Å². The Kier molecular flexibility index (Phi) is 4.89. The average Bonchev–Trinajstić information content (AvgIpc) is 3.17. The Balaban J connectivity index is 1.84. The maximum absolute atomic E-state index is 11.7. The molecule has 1 N–H and O–H groups in total. The van der Waals surface area contributed by atoms with Gasteiger partial charge in [0.2, 0.25) is 0 Å². The van der Waals surface area contributed by atoms with Crippen LogP contribution in [0.2, 0.25) is 10.0 Å². The molecule has 0 saturated heterocycles. The summed E-state index contributed by atoms with van der Waals surface area (Å²) in [5.74, 6) is -0.725. The lowest BCUT2D eigenvalue weighted by atomic mass is 10.1. The van der Waals surface area contributed by atoms with E-state index in [1.807, 2.05) is 0 Å². The Morgan fingerprint density at radius 3 is 2.65 bits per heavy atom. The molecule has 108 valence electrons. The molecule has 1 fully saturated rings. The first kappa shape index (κ1) is 15.1. The highest BCUT2D eigenvalue weighted by Crippen LogP contribution is 2.23. The summed E-state index contributed by atoms with van der Waals surface area (Å²) in [5.41, 5.74) is 0.694. The molecule has 0 bridgehead atoms. The second-order valence-electron chi connectivity index (χ2n) is 4.84. The Morgan fingerprint density at radius 2 is 2.05 bits per heavy atom. The highest BCUT2D eigenvalue weighted by molar-refractivity contribution is 6.42. The van der Waals surface area contributed by atoms with E-state index in [9.17, 15) is 9.59 Å². The minimum absolute atomic E-state index is 0.0535. The molecule has 1 unspecified atom stereocenters. The second-order valence-corrected chi connectivity index (χ2v) is 5.65. The van der Waals surface area contributed by atoms with Gasteiger partial charge in [-0.25, -0.2) is 0 Å². The average molecular weight is 316 g/mol. The lowest BCUT2D eigenvalue weighted by Crippen LogP contribution is -2.37. The summed E-state index contributed by atoms with van der Waals surface area (Å²) in [6, 6.07) is 5.18. The van der Waals surface area contributed by atoms with Gasteiger partial charge in [0.15, 0.2) is 6.10 Å². The summed E-state index contributed by atoms with van der Waals surface area (Å²) in [6.45, 7) is 1.56. The van der Waals surface area contributed by atoms with Gasteiger partial charge in [0, 0.05) is 6.04 Å². The number of amides is 1. The van der Waals surface area contributed by atoms with Gasteiger partial charge in [0.1, 0.15) is 0 Å². The molecular formula is C14H15Cl2NO3. The zero-order valence-corrected chi connectivity index (χ0v) is 12.5. The topological polar surface area (TPSA) is 55.4 Å². The zero-order valence-electron chi connectivity index (χ0n) is 11.0. The summed E-state index contributed by atoms with van der Waals surface area (Å²) >= 11 is 11.7. The molecule has 1 aromatic carbocycles. The number of hydrogen-bond acceptors (Lipinski definition) is 3. The fraction of sp³-hybridized carbons (Fsp3) is 0.429. The predicted molar refractivity (Wildman–Crippen MR) is 76.9 cm³/mol. The van der Waals surface area contributed by atoms with E-state index in [0.29, 0.717) is 15.6 Å². The van der Waals surface area contributed by atoms with Crippen LogP contribution < -0.4 is 5.32 Å². The third-order valence-corrected chi connectivity index (χ3v) is 3.67. The predicted octanol–water partition coefficient (Wildman–Crippen LogP) is 2.75. The van der Waals surface area contributed by atoms with E-state index in [-0.39, 0.29) is 18.4 Å². The van der Waals surface area contributed by atoms with E-state index in [2.05, 4.69) is 5.32 Å². The maximum Gasteiger partial charge on any atom is 0.311 e. The van der Waals surface area contributed by atoms with Crippen LogP contribution in [0.1, 0.15) is 25.3 Å². The number of carbonyl (C=O) groups excluding carboxylic acids is 2. The van der Waals surface area contributed by atoms with Crippen molar-refractivity contribution in [2.24, 2.45) is 0 Å². The molecule has 0 aromatic heterocycles. The van der Waals surface area contributed by atoms with Gasteiger partial charge in [0.05, 0.1) is 16.5 Å². The monoisotopic (exact) mass is 315 g/mol. The molecule has 1 aromatic rings. The standard InChI is InChI=1S/C14H15Cl2NO3/c1-8(14(19)17-10-3-4-10)20-13(18)7-9-2-5-11(15)12(16)6-9/h2,5-6,8,10H,3-4,7H2,1H3,(H,17,19). The number of carbonyl (C=O) groups is 2.